The van der Waals surface area contributed by atoms with Crippen molar-refractivity contribution in [1.29, 1.82) is 0 Å². The molecule has 2 aromatic carbocycles. The number of thiophene rings is 1. The third-order valence-electron chi connectivity index (χ3n) is 5.57. The summed E-state index contributed by atoms with van der Waals surface area (Å²) < 4.78 is 16.4. The van der Waals surface area contributed by atoms with Crippen molar-refractivity contribution < 1.29 is 9.18 Å². The van der Waals surface area contributed by atoms with Gasteiger partial charge in [0.15, 0.2) is 0 Å². The second kappa shape index (κ2) is 9.54. The molecule has 2 aromatic heterocycles. The largest absolute Gasteiger partial charge is 0.352 e. The van der Waals surface area contributed by atoms with Crippen LogP contribution in [0.4, 0.5) is 4.39 Å². The zero-order valence-electron chi connectivity index (χ0n) is 18.4. The minimum atomic E-state index is -0.635. The number of amides is 1. The van der Waals surface area contributed by atoms with E-state index in [-0.39, 0.29) is 24.2 Å². The van der Waals surface area contributed by atoms with Crippen LogP contribution < -0.4 is 16.6 Å². The van der Waals surface area contributed by atoms with Crippen LogP contribution in [-0.2, 0) is 17.8 Å². The molecule has 1 N–H and O–H groups in total. The molecule has 0 aliphatic carbocycles. The smallest absolute Gasteiger partial charge is 0.336 e. The Morgan fingerprint density at radius 1 is 1.12 bits per heavy atom. The predicted molar refractivity (Wildman–Crippen MR) is 129 cm³/mol. The highest BCUT2D eigenvalue weighted by molar-refractivity contribution is 7.17. The van der Waals surface area contributed by atoms with E-state index in [9.17, 15) is 18.8 Å². The molecule has 0 unspecified atom stereocenters. The highest BCUT2D eigenvalue weighted by Gasteiger charge is 2.18. The molecule has 0 spiro atoms. The van der Waals surface area contributed by atoms with Crippen LogP contribution in [0.1, 0.15) is 24.5 Å². The Bertz CT molecular complexity index is 1420. The minimum absolute atomic E-state index is 0.0861. The summed E-state index contributed by atoms with van der Waals surface area (Å²) in [7, 11) is 0. The Morgan fingerprint density at radius 2 is 1.88 bits per heavy atom. The van der Waals surface area contributed by atoms with Crippen LogP contribution in [0.25, 0.3) is 15.9 Å². The van der Waals surface area contributed by atoms with Crippen LogP contribution >= 0.6 is 11.3 Å². The van der Waals surface area contributed by atoms with Crippen molar-refractivity contribution in [2.45, 2.75) is 39.3 Å². The van der Waals surface area contributed by atoms with Gasteiger partial charge in [0.25, 0.3) is 5.56 Å². The van der Waals surface area contributed by atoms with Crippen LogP contribution in [0, 0.1) is 12.7 Å². The number of carbonyl (C=O) groups excluding carboxylic acids is 1. The lowest BCUT2D eigenvalue weighted by atomic mass is 10.1. The molecule has 4 aromatic rings. The standard InChI is InChI=1S/C25H24FN3O3S/c1-16-14-19(10-11-20(16)26)29-24(31)23-21(12-13-33-23)28(25(29)32)15-22(30)27-17(2)8-9-18-6-4-3-5-7-18/h3-7,10-14,17H,8-9,15H2,1-2H3,(H,27,30)/t17-/m0/s1. The molecule has 170 valence electrons. The maximum Gasteiger partial charge on any atom is 0.336 e. The monoisotopic (exact) mass is 465 g/mol. The Morgan fingerprint density at radius 3 is 2.61 bits per heavy atom. The van der Waals surface area contributed by atoms with Crippen molar-refractivity contribution in [3.8, 4) is 5.69 Å². The summed E-state index contributed by atoms with van der Waals surface area (Å²) in [6.07, 6.45) is 1.58. The summed E-state index contributed by atoms with van der Waals surface area (Å²) in [5.41, 5.74) is 1.08. The van der Waals surface area contributed by atoms with Gasteiger partial charge in [-0.15, -0.1) is 11.3 Å². The molecule has 4 rings (SSSR count). The highest BCUT2D eigenvalue weighted by Crippen LogP contribution is 2.17. The van der Waals surface area contributed by atoms with E-state index < -0.39 is 17.1 Å². The molecule has 0 bridgehead atoms. The third-order valence-corrected chi connectivity index (χ3v) is 6.46. The fourth-order valence-corrected chi connectivity index (χ4v) is 4.62. The number of carbonyl (C=O) groups is 1. The van der Waals surface area contributed by atoms with Crippen molar-refractivity contribution >= 4 is 27.5 Å². The summed E-state index contributed by atoms with van der Waals surface area (Å²) in [5.74, 6) is -0.737. The van der Waals surface area contributed by atoms with Gasteiger partial charge >= 0.3 is 5.69 Å². The van der Waals surface area contributed by atoms with Crippen LogP contribution in [0.3, 0.4) is 0 Å². The van der Waals surface area contributed by atoms with E-state index >= 15 is 0 Å². The Hall–Kier alpha value is -3.52. The van der Waals surface area contributed by atoms with Gasteiger partial charge in [0.1, 0.15) is 17.1 Å². The Balaban J connectivity index is 1.60. The molecule has 6 nitrogen and oxygen atoms in total. The van der Waals surface area contributed by atoms with Crippen molar-refractivity contribution in [3.63, 3.8) is 0 Å². The van der Waals surface area contributed by atoms with Gasteiger partial charge in [-0.1, -0.05) is 30.3 Å². The van der Waals surface area contributed by atoms with Crippen LogP contribution in [-0.4, -0.2) is 21.1 Å². The van der Waals surface area contributed by atoms with Gasteiger partial charge in [-0.2, -0.15) is 0 Å². The number of rotatable bonds is 7. The summed E-state index contributed by atoms with van der Waals surface area (Å²) in [4.78, 5) is 39.1. The van der Waals surface area contributed by atoms with E-state index in [0.717, 1.165) is 17.4 Å². The van der Waals surface area contributed by atoms with E-state index in [0.29, 0.717) is 15.8 Å². The first-order chi connectivity index (χ1) is 15.8. The fraction of sp³-hybridized carbons (Fsp3) is 0.240. The van der Waals surface area contributed by atoms with Crippen LogP contribution in [0.5, 0.6) is 0 Å². The van der Waals surface area contributed by atoms with Crippen LogP contribution in [0.2, 0.25) is 0 Å². The van der Waals surface area contributed by atoms with E-state index in [1.165, 1.54) is 39.7 Å². The number of nitrogens with zero attached hydrogens (tertiary/aromatic N) is 2. The number of fused-ring (bicyclic) bond motifs is 1. The second-order valence-electron chi connectivity index (χ2n) is 8.07. The number of aryl methyl sites for hydroxylation is 2. The molecule has 0 aliphatic heterocycles. The number of benzene rings is 2. The lowest BCUT2D eigenvalue weighted by Gasteiger charge is -2.16. The van der Waals surface area contributed by atoms with E-state index in [4.69, 9.17) is 0 Å². The average Bonchev–Trinajstić information content (AvgIpc) is 3.29. The van der Waals surface area contributed by atoms with Gasteiger partial charge in [-0.05, 0) is 67.5 Å². The number of hydrogen-bond acceptors (Lipinski definition) is 4. The lowest BCUT2D eigenvalue weighted by molar-refractivity contribution is -0.122. The zero-order chi connectivity index (χ0) is 23.5. The minimum Gasteiger partial charge on any atom is -0.352 e. The van der Waals surface area contributed by atoms with Gasteiger partial charge < -0.3 is 5.32 Å². The molecule has 2 heterocycles. The molecular weight excluding hydrogens is 441 g/mol. The van der Waals surface area contributed by atoms with Gasteiger partial charge in [-0.3, -0.25) is 14.2 Å². The first kappa shape index (κ1) is 22.7. The molecule has 1 amide bonds. The van der Waals surface area contributed by atoms with Gasteiger partial charge in [0.05, 0.1) is 11.2 Å². The maximum absolute atomic E-state index is 13.7. The topological polar surface area (TPSA) is 73.1 Å². The first-order valence-corrected chi connectivity index (χ1v) is 11.6. The fourth-order valence-electron chi connectivity index (χ4n) is 3.80. The van der Waals surface area contributed by atoms with Gasteiger partial charge in [0, 0.05) is 6.04 Å². The van der Waals surface area contributed by atoms with E-state index in [1.54, 1.807) is 18.4 Å². The molecule has 0 radical (unpaired) electrons. The first-order valence-electron chi connectivity index (χ1n) is 10.7. The molecule has 8 heteroatoms. The second-order valence-corrected chi connectivity index (χ2v) is 8.99. The number of nitrogens with one attached hydrogen (secondary N) is 1. The van der Waals surface area contributed by atoms with Crippen LogP contribution in [0.15, 0.2) is 69.6 Å². The quantitative estimate of drug-likeness (QED) is 0.451. The molecule has 0 aliphatic rings. The number of aromatic nitrogens is 2. The average molecular weight is 466 g/mol. The Labute approximate surface area is 193 Å². The van der Waals surface area contributed by atoms with Crippen molar-refractivity contribution in [3.05, 3.63) is 97.8 Å². The summed E-state index contributed by atoms with van der Waals surface area (Å²) >= 11 is 1.20. The zero-order valence-corrected chi connectivity index (χ0v) is 19.2. The SMILES string of the molecule is Cc1cc(-n2c(=O)c3sccc3n(CC(=O)N[C@@H](C)CCc3ccccc3)c2=O)ccc1F. The molecule has 1 atom stereocenters. The molecule has 33 heavy (non-hydrogen) atoms. The van der Waals surface area contributed by atoms with Crippen molar-refractivity contribution in [2.75, 3.05) is 0 Å². The van der Waals surface area contributed by atoms with E-state index in [2.05, 4.69) is 5.32 Å². The van der Waals surface area contributed by atoms with E-state index in [1.807, 2.05) is 37.3 Å². The van der Waals surface area contributed by atoms with Crippen molar-refractivity contribution in [2.24, 2.45) is 0 Å². The predicted octanol–water partition coefficient (Wildman–Crippen LogP) is 3.80. The Kier molecular flexibility index (Phi) is 6.55. The van der Waals surface area contributed by atoms with Crippen molar-refractivity contribution in [1.82, 2.24) is 14.5 Å². The summed E-state index contributed by atoms with van der Waals surface area (Å²) in [5, 5.41) is 4.65. The summed E-state index contributed by atoms with van der Waals surface area (Å²) in [6, 6.07) is 15.7. The molecule has 0 saturated carbocycles. The molecule has 0 saturated heterocycles. The normalized spacial score (nSPS) is 12.1. The van der Waals surface area contributed by atoms with Gasteiger partial charge in [-0.25, -0.2) is 13.8 Å². The van der Waals surface area contributed by atoms with Gasteiger partial charge in [0.2, 0.25) is 5.91 Å². The molecule has 0 fully saturated rings. The summed E-state index contributed by atoms with van der Waals surface area (Å²) in [6.45, 7) is 3.27. The number of halogens is 1. The maximum atomic E-state index is 13.7. The number of hydrogen-bond donors (Lipinski definition) is 1. The molecular formula is C25H24FN3O3S. The third kappa shape index (κ3) is 4.80. The highest BCUT2D eigenvalue weighted by atomic mass is 32.1. The lowest BCUT2D eigenvalue weighted by Crippen LogP contribution is -2.43.